The standard InChI is InChI=1S/C12H12BrClFNO/c13-7-8-3-2-6-16(8)12(17)9-4-1-5-10(14)11(9)15/h1,4-5,8H,2-3,6-7H2. The number of rotatable bonds is 2. The molecule has 1 fully saturated rings. The van der Waals surface area contributed by atoms with E-state index in [1.807, 2.05) is 0 Å². The number of halogens is 3. The predicted octanol–water partition coefficient (Wildman–Crippen LogP) is 3.48. The molecule has 17 heavy (non-hydrogen) atoms. The molecule has 1 aliphatic heterocycles. The molecule has 1 aromatic rings. The molecule has 0 spiro atoms. The fourth-order valence-corrected chi connectivity index (χ4v) is 2.93. The third kappa shape index (κ3) is 2.47. The second kappa shape index (κ2) is 5.36. The molecule has 1 saturated heterocycles. The summed E-state index contributed by atoms with van der Waals surface area (Å²) in [6, 6.07) is 4.67. The first-order chi connectivity index (χ1) is 8.15. The van der Waals surface area contributed by atoms with Crippen LogP contribution in [-0.4, -0.2) is 28.7 Å². The van der Waals surface area contributed by atoms with E-state index in [4.69, 9.17) is 11.6 Å². The summed E-state index contributed by atoms with van der Waals surface area (Å²) in [7, 11) is 0. The van der Waals surface area contributed by atoms with Crippen LogP contribution in [0.1, 0.15) is 23.2 Å². The molecular weight excluding hydrogens is 308 g/mol. The van der Waals surface area contributed by atoms with Gasteiger partial charge in [-0.2, -0.15) is 0 Å². The van der Waals surface area contributed by atoms with E-state index in [9.17, 15) is 9.18 Å². The summed E-state index contributed by atoms with van der Waals surface area (Å²) in [4.78, 5) is 13.9. The summed E-state index contributed by atoms with van der Waals surface area (Å²) in [5, 5.41) is 0.714. The number of amides is 1. The second-order valence-corrected chi connectivity index (χ2v) is 5.10. The van der Waals surface area contributed by atoms with E-state index >= 15 is 0 Å². The van der Waals surface area contributed by atoms with E-state index < -0.39 is 5.82 Å². The Morgan fingerprint density at radius 2 is 2.35 bits per heavy atom. The number of hydrogen-bond acceptors (Lipinski definition) is 1. The van der Waals surface area contributed by atoms with Crippen molar-refractivity contribution in [2.24, 2.45) is 0 Å². The van der Waals surface area contributed by atoms with E-state index in [2.05, 4.69) is 15.9 Å². The van der Waals surface area contributed by atoms with Crippen molar-refractivity contribution >= 4 is 33.4 Å². The van der Waals surface area contributed by atoms with Gasteiger partial charge in [-0.1, -0.05) is 33.6 Å². The monoisotopic (exact) mass is 319 g/mol. The average Bonchev–Trinajstić information content (AvgIpc) is 2.80. The highest BCUT2D eigenvalue weighted by Gasteiger charge is 2.30. The number of nitrogens with zero attached hydrogens (tertiary/aromatic N) is 1. The van der Waals surface area contributed by atoms with Gasteiger partial charge in [0.15, 0.2) is 5.82 Å². The molecule has 0 N–H and O–H groups in total. The van der Waals surface area contributed by atoms with Gasteiger partial charge in [-0.05, 0) is 25.0 Å². The number of hydrogen-bond donors (Lipinski definition) is 0. The molecule has 2 rings (SSSR count). The van der Waals surface area contributed by atoms with Crippen LogP contribution in [0.15, 0.2) is 18.2 Å². The first-order valence-corrected chi connectivity index (χ1v) is 6.96. The largest absolute Gasteiger partial charge is 0.335 e. The minimum absolute atomic E-state index is 0.00885. The minimum atomic E-state index is -0.626. The lowest BCUT2D eigenvalue weighted by Gasteiger charge is -2.23. The molecule has 0 bridgehead atoms. The third-order valence-corrected chi connectivity index (χ3v) is 4.04. The Bertz CT molecular complexity index is 441. The van der Waals surface area contributed by atoms with Gasteiger partial charge in [0.2, 0.25) is 0 Å². The lowest BCUT2D eigenvalue weighted by Crippen LogP contribution is -2.36. The van der Waals surface area contributed by atoms with Crippen molar-refractivity contribution in [3.8, 4) is 0 Å². The average molecular weight is 321 g/mol. The van der Waals surface area contributed by atoms with Gasteiger partial charge in [-0.25, -0.2) is 4.39 Å². The van der Waals surface area contributed by atoms with E-state index in [1.54, 1.807) is 11.0 Å². The van der Waals surface area contributed by atoms with Crippen molar-refractivity contribution in [2.45, 2.75) is 18.9 Å². The number of alkyl halides is 1. The van der Waals surface area contributed by atoms with Gasteiger partial charge in [0, 0.05) is 17.9 Å². The Balaban J connectivity index is 2.28. The lowest BCUT2D eigenvalue weighted by molar-refractivity contribution is 0.0746. The first kappa shape index (κ1) is 12.8. The van der Waals surface area contributed by atoms with Crippen molar-refractivity contribution in [2.75, 3.05) is 11.9 Å². The molecule has 1 atom stereocenters. The topological polar surface area (TPSA) is 20.3 Å². The van der Waals surface area contributed by atoms with Gasteiger partial charge in [0.1, 0.15) is 0 Å². The van der Waals surface area contributed by atoms with Crippen LogP contribution in [0.2, 0.25) is 5.02 Å². The molecule has 5 heteroatoms. The highest BCUT2D eigenvalue weighted by molar-refractivity contribution is 9.09. The highest BCUT2D eigenvalue weighted by atomic mass is 79.9. The summed E-state index contributed by atoms with van der Waals surface area (Å²) in [5.41, 5.74) is 0.0605. The molecule has 1 amide bonds. The Hall–Kier alpha value is -0.610. The van der Waals surface area contributed by atoms with E-state index in [-0.39, 0.29) is 22.5 Å². The molecule has 1 aliphatic rings. The SMILES string of the molecule is O=C(c1cccc(Cl)c1F)N1CCCC1CBr. The molecule has 0 aromatic heterocycles. The van der Waals surface area contributed by atoms with Gasteiger partial charge in [-0.3, -0.25) is 4.79 Å². The quantitative estimate of drug-likeness (QED) is 0.764. The normalized spacial score (nSPS) is 19.7. The maximum atomic E-state index is 13.7. The fraction of sp³-hybridized carbons (Fsp3) is 0.417. The van der Waals surface area contributed by atoms with Crippen LogP contribution in [0.4, 0.5) is 4.39 Å². The summed E-state index contributed by atoms with van der Waals surface area (Å²) in [6.45, 7) is 0.682. The van der Waals surface area contributed by atoms with Gasteiger partial charge in [0.05, 0.1) is 10.6 Å². The molecule has 92 valence electrons. The maximum absolute atomic E-state index is 13.7. The van der Waals surface area contributed by atoms with Gasteiger partial charge in [-0.15, -0.1) is 0 Å². The van der Waals surface area contributed by atoms with Crippen LogP contribution in [0.25, 0.3) is 0 Å². The molecular formula is C12H12BrClFNO. The summed E-state index contributed by atoms with van der Waals surface area (Å²) >= 11 is 9.06. The fourth-order valence-electron chi connectivity index (χ4n) is 2.09. The molecule has 1 heterocycles. The van der Waals surface area contributed by atoms with Gasteiger partial charge < -0.3 is 4.90 Å². The van der Waals surface area contributed by atoms with E-state index in [0.717, 1.165) is 18.2 Å². The lowest BCUT2D eigenvalue weighted by atomic mass is 10.1. The highest BCUT2D eigenvalue weighted by Crippen LogP contribution is 2.24. The van der Waals surface area contributed by atoms with Gasteiger partial charge in [0.25, 0.3) is 5.91 Å². The Morgan fingerprint density at radius 3 is 3.06 bits per heavy atom. The zero-order valence-corrected chi connectivity index (χ0v) is 11.5. The zero-order chi connectivity index (χ0) is 12.4. The molecule has 1 aromatic carbocycles. The van der Waals surface area contributed by atoms with Crippen molar-refractivity contribution in [3.63, 3.8) is 0 Å². The molecule has 2 nitrogen and oxygen atoms in total. The van der Waals surface area contributed by atoms with Crippen LogP contribution in [-0.2, 0) is 0 Å². The smallest absolute Gasteiger partial charge is 0.257 e. The number of benzene rings is 1. The summed E-state index contributed by atoms with van der Waals surface area (Å²) < 4.78 is 13.7. The zero-order valence-electron chi connectivity index (χ0n) is 9.13. The minimum Gasteiger partial charge on any atom is -0.335 e. The van der Waals surface area contributed by atoms with Crippen LogP contribution >= 0.6 is 27.5 Å². The van der Waals surface area contributed by atoms with Crippen molar-refractivity contribution in [1.82, 2.24) is 4.90 Å². The van der Waals surface area contributed by atoms with E-state index in [0.29, 0.717) is 6.54 Å². The maximum Gasteiger partial charge on any atom is 0.257 e. The molecule has 1 unspecified atom stereocenters. The predicted molar refractivity (Wildman–Crippen MR) is 69.3 cm³/mol. The van der Waals surface area contributed by atoms with Gasteiger partial charge >= 0.3 is 0 Å². The van der Waals surface area contributed by atoms with Crippen LogP contribution in [0.5, 0.6) is 0 Å². The van der Waals surface area contributed by atoms with E-state index in [1.165, 1.54) is 12.1 Å². The summed E-state index contributed by atoms with van der Waals surface area (Å²) in [6.07, 6.45) is 1.92. The third-order valence-electron chi connectivity index (χ3n) is 3.00. The second-order valence-electron chi connectivity index (χ2n) is 4.05. The molecule has 0 aliphatic carbocycles. The molecule has 0 radical (unpaired) electrons. The first-order valence-electron chi connectivity index (χ1n) is 5.46. The van der Waals surface area contributed by atoms with Crippen molar-refractivity contribution < 1.29 is 9.18 Å². The van der Waals surface area contributed by atoms with Crippen LogP contribution in [0.3, 0.4) is 0 Å². The number of carbonyl (C=O) groups is 1. The number of carbonyl (C=O) groups excluding carboxylic acids is 1. The van der Waals surface area contributed by atoms with Crippen molar-refractivity contribution in [3.05, 3.63) is 34.6 Å². The summed E-state index contributed by atoms with van der Waals surface area (Å²) in [5.74, 6) is -0.897. The number of likely N-dealkylation sites (tertiary alicyclic amines) is 1. The Morgan fingerprint density at radius 1 is 1.59 bits per heavy atom. The Labute approximate surface area is 113 Å². The van der Waals surface area contributed by atoms with Crippen LogP contribution < -0.4 is 0 Å². The van der Waals surface area contributed by atoms with Crippen molar-refractivity contribution in [1.29, 1.82) is 0 Å². The van der Waals surface area contributed by atoms with Crippen LogP contribution in [0, 0.1) is 5.82 Å². The Kier molecular flexibility index (Phi) is 4.05. The molecule has 0 saturated carbocycles.